The van der Waals surface area contributed by atoms with Gasteiger partial charge in [-0.25, -0.2) is 0 Å². The third-order valence-electron chi connectivity index (χ3n) is 11.5. The molecule has 272 valence electrons. The molecule has 0 aliphatic carbocycles. The molecule has 0 saturated carbocycles. The van der Waals surface area contributed by atoms with Gasteiger partial charge in [-0.2, -0.15) is 0 Å². The van der Waals surface area contributed by atoms with Crippen molar-refractivity contribution in [3.05, 3.63) is 231 Å². The van der Waals surface area contributed by atoms with Gasteiger partial charge in [0, 0.05) is 27.8 Å². The van der Waals surface area contributed by atoms with Crippen molar-refractivity contribution in [3.8, 4) is 39.1 Å². The smallest absolute Gasteiger partial charge is 0.0562 e. The summed E-state index contributed by atoms with van der Waals surface area (Å²) in [6.45, 7) is 0. The Hall–Kier alpha value is -7.68. The largest absolute Gasteiger partial charge is 0.310 e. The average molecular weight is 739 g/mol. The Balaban J connectivity index is 1.07. The Morgan fingerprint density at radius 2 is 0.776 bits per heavy atom. The van der Waals surface area contributed by atoms with Crippen LogP contribution in [-0.4, -0.2) is 4.57 Å². The van der Waals surface area contributed by atoms with Gasteiger partial charge in [-0.05, 0) is 128 Å². The highest BCUT2D eigenvalue weighted by atomic mass is 15.1. The van der Waals surface area contributed by atoms with E-state index in [1.165, 1.54) is 76.7 Å². The van der Waals surface area contributed by atoms with E-state index in [9.17, 15) is 0 Å². The molecular weight excluding hydrogens is 701 g/mol. The zero-order valence-electron chi connectivity index (χ0n) is 31.8. The summed E-state index contributed by atoms with van der Waals surface area (Å²) in [6, 6.07) is 83.7. The number of nitrogens with zero attached hydrogens (tertiary/aromatic N) is 2. The quantitative estimate of drug-likeness (QED) is 0.158. The van der Waals surface area contributed by atoms with Crippen molar-refractivity contribution < 1.29 is 0 Å². The summed E-state index contributed by atoms with van der Waals surface area (Å²) in [7, 11) is 0. The summed E-state index contributed by atoms with van der Waals surface area (Å²) in [5.41, 5.74) is 14.1. The van der Waals surface area contributed by atoms with E-state index in [1.54, 1.807) is 0 Å². The molecule has 11 rings (SSSR count). The minimum atomic E-state index is 1.10. The maximum atomic E-state index is 2.44. The minimum Gasteiger partial charge on any atom is -0.310 e. The van der Waals surface area contributed by atoms with Crippen molar-refractivity contribution in [2.45, 2.75) is 0 Å². The van der Waals surface area contributed by atoms with Crippen LogP contribution in [0.5, 0.6) is 0 Å². The zero-order valence-corrected chi connectivity index (χ0v) is 31.8. The first-order valence-electron chi connectivity index (χ1n) is 19.9. The van der Waals surface area contributed by atoms with Gasteiger partial charge in [-0.15, -0.1) is 0 Å². The van der Waals surface area contributed by atoms with Crippen LogP contribution in [0, 0.1) is 0 Å². The molecule has 0 aliphatic rings. The molecule has 1 heterocycles. The molecular formula is C56H38N2. The number of hydrogen-bond donors (Lipinski definition) is 0. The Bertz CT molecular complexity index is 3250. The molecule has 2 nitrogen and oxygen atoms in total. The lowest BCUT2D eigenvalue weighted by molar-refractivity contribution is 1.18. The van der Waals surface area contributed by atoms with Gasteiger partial charge in [-0.3, -0.25) is 0 Å². The average Bonchev–Trinajstić information content (AvgIpc) is 3.65. The van der Waals surface area contributed by atoms with Gasteiger partial charge < -0.3 is 9.47 Å². The minimum absolute atomic E-state index is 1.10. The standard InChI is InChI=1S/C56H38N2/c1-4-13-39(14-5-1)41-29-32-50(33-30-41)57(54-21-12-22-55-56(54)52-19-10-11-20-53(52)58(55)49-17-8-3-9-18-49)51-34-31-42-23-24-47(37-48(42)38-51)46-28-27-44-35-43(25-26-45(44)36-46)40-15-6-2-7-16-40/h1-38H. The van der Waals surface area contributed by atoms with Crippen LogP contribution in [0.2, 0.25) is 0 Å². The van der Waals surface area contributed by atoms with Crippen molar-refractivity contribution in [1.82, 2.24) is 4.57 Å². The highest BCUT2D eigenvalue weighted by Gasteiger charge is 2.21. The summed E-state index contributed by atoms with van der Waals surface area (Å²) in [4.78, 5) is 2.44. The lowest BCUT2D eigenvalue weighted by Gasteiger charge is -2.27. The Kier molecular flexibility index (Phi) is 8.19. The van der Waals surface area contributed by atoms with E-state index in [-0.39, 0.29) is 0 Å². The lowest BCUT2D eigenvalue weighted by atomic mass is 9.96. The van der Waals surface area contributed by atoms with Gasteiger partial charge in [0.05, 0.1) is 16.7 Å². The van der Waals surface area contributed by atoms with E-state index in [2.05, 4.69) is 240 Å². The zero-order chi connectivity index (χ0) is 38.4. The van der Waals surface area contributed by atoms with Crippen molar-refractivity contribution in [2.75, 3.05) is 4.90 Å². The van der Waals surface area contributed by atoms with Crippen LogP contribution in [0.25, 0.3) is 82.4 Å². The number of para-hydroxylation sites is 2. The normalized spacial score (nSPS) is 11.4. The summed E-state index contributed by atoms with van der Waals surface area (Å²) < 4.78 is 2.39. The first-order chi connectivity index (χ1) is 28.7. The predicted octanol–water partition coefficient (Wildman–Crippen LogP) is 15.6. The van der Waals surface area contributed by atoms with Crippen LogP contribution in [-0.2, 0) is 0 Å². The van der Waals surface area contributed by atoms with E-state index in [0.717, 1.165) is 22.7 Å². The first kappa shape index (κ1) is 33.6. The molecule has 2 heteroatoms. The highest BCUT2D eigenvalue weighted by molar-refractivity contribution is 6.16. The molecule has 11 aromatic rings. The monoisotopic (exact) mass is 738 g/mol. The molecule has 0 amide bonds. The number of aromatic nitrogens is 1. The van der Waals surface area contributed by atoms with Crippen molar-refractivity contribution in [3.63, 3.8) is 0 Å². The lowest BCUT2D eigenvalue weighted by Crippen LogP contribution is -2.10. The molecule has 0 fully saturated rings. The number of hydrogen-bond acceptors (Lipinski definition) is 1. The Morgan fingerprint density at radius 1 is 0.293 bits per heavy atom. The Morgan fingerprint density at radius 3 is 1.47 bits per heavy atom. The maximum Gasteiger partial charge on any atom is 0.0562 e. The van der Waals surface area contributed by atoms with Crippen LogP contribution in [0.15, 0.2) is 231 Å². The number of anilines is 3. The maximum absolute atomic E-state index is 2.44. The SMILES string of the molecule is c1ccc(-c2ccc(N(c3ccc4ccc(-c5ccc6cc(-c7ccccc7)ccc6c5)cc4c3)c3cccc4c3c3ccccc3n4-c3ccccc3)cc2)cc1. The molecule has 0 unspecified atom stereocenters. The molecule has 0 bridgehead atoms. The Labute approximate surface area is 338 Å². The third kappa shape index (κ3) is 5.91. The number of benzene rings is 10. The molecule has 1 aromatic heterocycles. The number of fused-ring (bicyclic) bond motifs is 5. The number of rotatable bonds is 7. The second-order valence-electron chi connectivity index (χ2n) is 15.0. The molecule has 0 spiro atoms. The topological polar surface area (TPSA) is 8.17 Å². The van der Waals surface area contributed by atoms with Crippen LogP contribution in [0.3, 0.4) is 0 Å². The second-order valence-corrected chi connectivity index (χ2v) is 15.0. The van der Waals surface area contributed by atoms with Crippen LogP contribution in [0.4, 0.5) is 17.1 Å². The van der Waals surface area contributed by atoms with Crippen molar-refractivity contribution in [1.29, 1.82) is 0 Å². The first-order valence-corrected chi connectivity index (χ1v) is 19.9. The molecule has 0 atom stereocenters. The highest BCUT2D eigenvalue weighted by Crippen LogP contribution is 2.45. The van der Waals surface area contributed by atoms with Gasteiger partial charge in [0.15, 0.2) is 0 Å². The summed E-state index contributed by atoms with van der Waals surface area (Å²) in [5, 5.41) is 7.31. The summed E-state index contributed by atoms with van der Waals surface area (Å²) in [6.07, 6.45) is 0. The van der Waals surface area contributed by atoms with Gasteiger partial charge in [0.2, 0.25) is 0 Å². The molecule has 0 saturated heterocycles. The fourth-order valence-electron chi connectivity index (χ4n) is 8.69. The van der Waals surface area contributed by atoms with Crippen LogP contribution < -0.4 is 4.90 Å². The van der Waals surface area contributed by atoms with Crippen LogP contribution in [0.1, 0.15) is 0 Å². The molecule has 0 aliphatic heterocycles. The van der Waals surface area contributed by atoms with Crippen molar-refractivity contribution in [2.24, 2.45) is 0 Å². The predicted molar refractivity (Wildman–Crippen MR) is 247 cm³/mol. The van der Waals surface area contributed by atoms with Crippen LogP contribution >= 0.6 is 0 Å². The third-order valence-corrected chi connectivity index (χ3v) is 11.5. The summed E-state index contributed by atoms with van der Waals surface area (Å²) >= 11 is 0. The second kappa shape index (κ2) is 14.1. The van der Waals surface area contributed by atoms with E-state index >= 15 is 0 Å². The van der Waals surface area contributed by atoms with Gasteiger partial charge in [0.1, 0.15) is 0 Å². The van der Waals surface area contributed by atoms with E-state index in [0.29, 0.717) is 0 Å². The molecule has 58 heavy (non-hydrogen) atoms. The summed E-state index contributed by atoms with van der Waals surface area (Å²) in [5.74, 6) is 0. The van der Waals surface area contributed by atoms with E-state index in [4.69, 9.17) is 0 Å². The molecule has 0 N–H and O–H groups in total. The van der Waals surface area contributed by atoms with Gasteiger partial charge in [-0.1, -0.05) is 158 Å². The van der Waals surface area contributed by atoms with Gasteiger partial charge >= 0.3 is 0 Å². The van der Waals surface area contributed by atoms with E-state index in [1.807, 2.05) is 0 Å². The van der Waals surface area contributed by atoms with Crippen molar-refractivity contribution >= 4 is 60.4 Å². The van der Waals surface area contributed by atoms with Gasteiger partial charge in [0.25, 0.3) is 0 Å². The molecule has 10 aromatic carbocycles. The van der Waals surface area contributed by atoms with E-state index < -0.39 is 0 Å². The molecule has 0 radical (unpaired) electrons. The fraction of sp³-hybridized carbons (Fsp3) is 0. The fourth-order valence-corrected chi connectivity index (χ4v) is 8.69.